The molecule has 0 fully saturated rings. The lowest BCUT2D eigenvalue weighted by atomic mass is 10.0. The Hall–Kier alpha value is -1.12. The molecule has 2 heteroatoms. The summed E-state index contributed by atoms with van der Waals surface area (Å²) in [6.07, 6.45) is 2.38. The first kappa shape index (κ1) is 13.3. The van der Waals surface area contributed by atoms with Crippen molar-refractivity contribution >= 4 is 11.3 Å². The van der Waals surface area contributed by atoms with E-state index in [0.717, 1.165) is 0 Å². The minimum Gasteiger partial charge on any atom is -0.309 e. The molecule has 1 aromatic heterocycles. The first-order valence-electron chi connectivity index (χ1n) is 6.57. The van der Waals surface area contributed by atoms with Gasteiger partial charge in [0.15, 0.2) is 0 Å². The van der Waals surface area contributed by atoms with Gasteiger partial charge in [-0.1, -0.05) is 37.6 Å². The molecule has 0 radical (unpaired) electrons. The van der Waals surface area contributed by atoms with Gasteiger partial charge in [-0.25, -0.2) is 0 Å². The molecule has 1 atom stereocenters. The van der Waals surface area contributed by atoms with E-state index in [0.29, 0.717) is 6.04 Å². The lowest BCUT2D eigenvalue weighted by molar-refractivity contribution is 0.703. The average Bonchev–Trinajstić information content (AvgIpc) is 2.79. The first-order valence-corrected chi connectivity index (χ1v) is 7.38. The summed E-state index contributed by atoms with van der Waals surface area (Å²) in [4.78, 5) is 2.76. The van der Waals surface area contributed by atoms with Crippen LogP contribution < -0.4 is 5.32 Å². The molecule has 0 aliphatic carbocycles. The fourth-order valence-electron chi connectivity index (χ4n) is 2.25. The number of benzene rings is 1. The van der Waals surface area contributed by atoms with Crippen molar-refractivity contribution in [3.8, 4) is 0 Å². The standard InChI is InChI=1S/C16H21NS/c1-4-5-13-7-9-14(10-8-13)16(17-3)15-11-6-12(2)18-15/h6-11,16-17H,4-5H2,1-3H3. The van der Waals surface area contributed by atoms with Gasteiger partial charge in [-0.05, 0) is 43.7 Å². The Morgan fingerprint density at radius 3 is 2.33 bits per heavy atom. The molecule has 18 heavy (non-hydrogen) atoms. The van der Waals surface area contributed by atoms with Crippen molar-refractivity contribution < 1.29 is 0 Å². The van der Waals surface area contributed by atoms with Crippen LogP contribution in [-0.4, -0.2) is 7.05 Å². The van der Waals surface area contributed by atoms with E-state index in [9.17, 15) is 0 Å². The molecular weight excluding hydrogens is 238 g/mol. The maximum absolute atomic E-state index is 3.41. The Morgan fingerprint density at radius 1 is 1.11 bits per heavy atom. The van der Waals surface area contributed by atoms with Gasteiger partial charge in [0.05, 0.1) is 6.04 Å². The lowest BCUT2D eigenvalue weighted by Gasteiger charge is -2.15. The Kier molecular flexibility index (Phi) is 4.56. The van der Waals surface area contributed by atoms with E-state index >= 15 is 0 Å². The topological polar surface area (TPSA) is 12.0 Å². The molecule has 0 saturated heterocycles. The van der Waals surface area contributed by atoms with E-state index in [2.05, 4.69) is 55.6 Å². The Balaban J connectivity index is 2.22. The molecule has 0 bridgehead atoms. The molecule has 2 aromatic rings. The number of hydrogen-bond donors (Lipinski definition) is 1. The predicted molar refractivity (Wildman–Crippen MR) is 80.4 cm³/mol. The summed E-state index contributed by atoms with van der Waals surface area (Å²) in [7, 11) is 2.03. The van der Waals surface area contributed by atoms with Crippen LogP contribution in [-0.2, 0) is 6.42 Å². The van der Waals surface area contributed by atoms with Crippen molar-refractivity contribution in [3.05, 3.63) is 57.3 Å². The number of rotatable bonds is 5. The van der Waals surface area contributed by atoms with Crippen molar-refractivity contribution in [2.45, 2.75) is 32.7 Å². The second-order valence-corrected chi connectivity index (χ2v) is 5.98. The molecule has 1 aromatic carbocycles. The van der Waals surface area contributed by atoms with Crippen LogP contribution in [0.5, 0.6) is 0 Å². The zero-order chi connectivity index (χ0) is 13.0. The Bertz CT molecular complexity index is 484. The summed E-state index contributed by atoms with van der Waals surface area (Å²) in [6.45, 7) is 4.38. The van der Waals surface area contributed by atoms with E-state index in [4.69, 9.17) is 0 Å². The zero-order valence-electron chi connectivity index (χ0n) is 11.4. The SMILES string of the molecule is CCCc1ccc(C(NC)c2ccc(C)s2)cc1. The second-order valence-electron chi connectivity index (χ2n) is 4.66. The van der Waals surface area contributed by atoms with Crippen LogP contribution in [0, 0.1) is 6.92 Å². The van der Waals surface area contributed by atoms with Crippen LogP contribution in [0.25, 0.3) is 0 Å². The molecule has 1 N–H and O–H groups in total. The van der Waals surface area contributed by atoms with Crippen LogP contribution in [0.4, 0.5) is 0 Å². The fraction of sp³-hybridized carbons (Fsp3) is 0.375. The summed E-state index contributed by atoms with van der Waals surface area (Å²) in [5, 5.41) is 3.41. The van der Waals surface area contributed by atoms with Crippen molar-refractivity contribution in [2.75, 3.05) is 7.05 Å². The van der Waals surface area contributed by atoms with Gasteiger partial charge in [-0.3, -0.25) is 0 Å². The fourth-order valence-corrected chi connectivity index (χ4v) is 3.26. The van der Waals surface area contributed by atoms with Gasteiger partial charge in [0, 0.05) is 9.75 Å². The van der Waals surface area contributed by atoms with Gasteiger partial charge in [-0.15, -0.1) is 11.3 Å². The van der Waals surface area contributed by atoms with Crippen molar-refractivity contribution in [1.82, 2.24) is 5.32 Å². The minimum absolute atomic E-state index is 0.319. The van der Waals surface area contributed by atoms with E-state index in [-0.39, 0.29) is 0 Å². The highest BCUT2D eigenvalue weighted by Gasteiger charge is 2.13. The van der Waals surface area contributed by atoms with Crippen LogP contribution in [0.3, 0.4) is 0 Å². The summed E-state index contributed by atoms with van der Waals surface area (Å²) in [5.74, 6) is 0. The van der Waals surface area contributed by atoms with Crippen LogP contribution in [0.2, 0.25) is 0 Å². The summed E-state index contributed by atoms with van der Waals surface area (Å²) < 4.78 is 0. The first-order chi connectivity index (χ1) is 8.74. The van der Waals surface area contributed by atoms with Crippen molar-refractivity contribution in [3.63, 3.8) is 0 Å². The van der Waals surface area contributed by atoms with E-state index < -0.39 is 0 Å². The monoisotopic (exact) mass is 259 g/mol. The zero-order valence-corrected chi connectivity index (χ0v) is 12.2. The number of thiophene rings is 1. The largest absolute Gasteiger partial charge is 0.309 e. The van der Waals surface area contributed by atoms with Gasteiger partial charge in [0.2, 0.25) is 0 Å². The molecule has 0 spiro atoms. The van der Waals surface area contributed by atoms with Crippen LogP contribution in [0.1, 0.15) is 40.3 Å². The molecular formula is C16H21NS. The summed E-state index contributed by atoms with van der Waals surface area (Å²) in [6, 6.07) is 13.7. The molecule has 0 saturated carbocycles. The Labute approximate surface area is 114 Å². The summed E-state index contributed by atoms with van der Waals surface area (Å²) in [5.41, 5.74) is 2.78. The maximum Gasteiger partial charge on any atom is 0.0668 e. The normalized spacial score (nSPS) is 12.6. The molecule has 1 unspecified atom stereocenters. The van der Waals surface area contributed by atoms with Crippen LogP contribution >= 0.6 is 11.3 Å². The minimum atomic E-state index is 0.319. The quantitative estimate of drug-likeness (QED) is 0.843. The van der Waals surface area contributed by atoms with E-state index in [1.54, 1.807) is 0 Å². The maximum atomic E-state index is 3.41. The third-order valence-corrected chi connectivity index (χ3v) is 4.25. The molecule has 96 valence electrons. The van der Waals surface area contributed by atoms with Gasteiger partial charge in [0.25, 0.3) is 0 Å². The third kappa shape index (κ3) is 3.01. The highest BCUT2D eigenvalue weighted by Crippen LogP contribution is 2.28. The number of hydrogen-bond acceptors (Lipinski definition) is 2. The smallest absolute Gasteiger partial charge is 0.0668 e. The second kappa shape index (κ2) is 6.17. The summed E-state index contributed by atoms with van der Waals surface area (Å²) >= 11 is 1.87. The van der Waals surface area contributed by atoms with Crippen molar-refractivity contribution in [2.24, 2.45) is 0 Å². The molecule has 1 heterocycles. The average molecular weight is 259 g/mol. The number of nitrogens with one attached hydrogen (secondary N) is 1. The molecule has 2 rings (SSSR count). The van der Waals surface area contributed by atoms with Gasteiger partial charge < -0.3 is 5.32 Å². The highest BCUT2D eigenvalue weighted by atomic mass is 32.1. The molecule has 1 nitrogen and oxygen atoms in total. The molecule has 0 amide bonds. The molecule has 0 aliphatic heterocycles. The van der Waals surface area contributed by atoms with Crippen LogP contribution in [0.15, 0.2) is 36.4 Å². The predicted octanol–water partition coefficient (Wildman–Crippen LogP) is 4.32. The van der Waals surface area contributed by atoms with E-state index in [1.807, 2.05) is 18.4 Å². The Morgan fingerprint density at radius 2 is 1.83 bits per heavy atom. The highest BCUT2D eigenvalue weighted by molar-refractivity contribution is 7.12. The van der Waals surface area contributed by atoms with E-state index in [1.165, 1.54) is 33.7 Å². The van der Waals surface area contributed by atoms with Crippen molar-refractivity contribution in [1.29, 1.82) is 0 Å². The van der Waals surface area contributed by atoms with Gasteiger partial charge in [0.1, 0.15) is 0 Å². The third-order valence-electron chi connectivity index (χ3n) is 3.19. The number of aryl methyl sites for hydroxylation is 2. The lowest BCUT2D eigenvalue weighted by Crippen LogP contribution is -2.16. The van der Waals surface area contributed by atoms with Gasteiger partial charge in [-0.2, -0.15) is 0 Å². The van der Waals surface area contributed by atoms with Gasteiger partial charge >= 0.3 is 0 Å². The molecule has 0 aliphatic rings.